The lowest BCUT2D eigenvalue weighted by molar-refractivity contribution is 0.286. The molecule has 0 spiro atoms. The van der Waals surface area contributed by atoms with E-state index in [4.69, 9.17) is 5.11 Å². The largest absolute Gasteiger partial charge is 0.583 e. The predicted octanol–water partition coefficient (Wildman–Crippen LogP) is -0.556. The van der Waals surface area contributed by atoms with E-state index in [1.165, 1.54) is 18.3 Å². The van der Waals surface area contributed by atoms with Crippen molar-refractivity contribution < 1.29 is 14.9 Å². The van der Waals surface area contributed by atoms with Crippen LogP contribution in [0.4, 0.5) is 0 Å². The maximum atomic E-state index is 9.24. The topological polar surface area (TPSA) is 62.0 Å². The summed E-state index contributed by atoms with van der Waals surface area (Å²) in [6, 6.07) is 4.65. The van der Waals surface area contributed by atoms with Gasteiger partial charge in [0.05, 0.1) is 6.21 Å². The Morgan fingerprint density at radius 1 is 1.42 bits per heavy atom. The molecular weight excluding hydrogens is 157 g/mol. The van der Waals surface area contributed by atoms with Gasteiger partial charge in [-0.3, -0.25) is 0 Å². The SMILES string of the molecule is OB1ON=Cc2ccc(O)cc21. The van der Waals surface area contributed by atoms with E-state index in [-0.39, 0.29) is 5.75 Å². The van der Waals surface area contributed by atoms with Crippen LogP contribution >= 0.6 is 0 Å². The summed E-state index contributed by atoms with van der Waals surface area (Å²) in [6.07, 6.45) is 1.49. The predicted molar refractivity (Wildman–Crippen MR) is 44.4 cm³/mol. The van der Waals surface area contributed by atoms with Gasteiger partial charge in [-0.1, -0.05) is 0 Å². The van der Waals surface area contributed by atoms with E-state index >= 15 is 0 Å². The van der Waals surface area contributed by atoms with E-state index in [0.717, 1.165) is 5.56 Å². The van der Waals surface area contributed by atoms with Crippen molar-refractivity contribution in [3.8, 4) is 5.75 Å². The van der Waals surface area contributed by atoms with Crippen LogP contribution in [-0.4, -0.2) is 23.5 Å². The number of aromatic hydroxyl groups is 1. The molecule has 0 radical (unpaired) electrons. The number of rotatable bonds is 0. The number of benzene rings is 1. The Bertz CT molecular complexity index is 339. The van der Waals surface area contributed by atoms with Crippen LogP contribution in [0.3, 0.4) is 0 Å². The number of oxime groups is 1. The average Bonchev–Trinajstić information content (AvgIpc) is 2.07. The molecule has 4 nitrogen and oxygen atoms in total. The van der Waals surface area contributed by atoms with Crippen molar-refractivity contribution in [2.45, 2.75) is 0 Å². The highest BCUT2D eigenvalue weighted by Gasteiger charge is 2.24. The summed E-state index contributed by atoms with van der Waals surface area (Å²) in [5, 5.41) is 21.8. The standard InChI is InChI=1S/C7H6BNO3/c10-6-2-1-5-4-9-12-8(11)7(5)3-6/h1-4,10-11H. The van der Waals surface area contributed by atoms with Gasteiger partial charge in [-0.2, -0.15) is 0 Å². The van der Waals surface area contributed by atoms with Crippen LogP contribution in [0.25, 0.3) is 0 Å². The summed E-state index contributed by atoms with van der Waals surface area (Å²) in [6.45, 7) is 0. The molecule has 0 unspecified atom stereocenters. The Morgan fingerprint density at radius 2 is 2.25 bits per heavy atom. The molecular formula is C7H6BNO3. The normalized spacial score (nSPS) is 13.9. The van der Waals surface area contributed by atoms with Gasteiger partial charge < -0.3 is 14.9 Å². The maximum Gasteiger partial charge on any atom is 0.583 e. The molecule has 1 aliphatic rings. The highest BCUT2D eigenvalue weighted by molar-refractivity contribution is 6.62. The van der Waals surface area contributed by atoms with Crippen LogP contribution in [0.15, 0.2) is 23.4 Å². The molecule has 0 fully saturated rings. The highest BCUT2D eigenvalue weighted by Crippen LogP contribution is 2.09. The molecule has 1 aliphatic heterocycles. The molecule has 5 heteroatoms. The zero-order valence-corrected chi connectivity index (χ0v) is 6.14. The first-order valence-electron chi connectivity index (χ1n) is 3.47. The number of hydrogen-bond donors (Lipinski definition) is 2. The van der Waals surface area contributed by atoms with Crippen LogP contribution in [0, 0.1) is 0 Å². The lowest BCUT2D eigenvalue weighted by Crippen LogP contribution is -2.37. The van der Waals surface area contributed by atoms with E-state index in [9.17, 15) is 5.02 Å². The minimum absolute atomic E-state index is 0.103. The maximum absolute atomic E-state index is 9.24. The molecule has 1 aromatic carbocycles. The van der Waals surface area contributed by atoms with Gasteiger partial charge in [0.1, 0.15) is 5.75 Å². The van der Waals surface area contributed by atoms with Gasteiger partial charge in [0.2, 0.25) is 0 Å². The van der Waals surface area contributed by atoms with E-state index in [2.05, 4.69) is 9.91 Å². The summed E-state index contributed by atoms with van der Waals surface area (Å²) >= 11 is 0. The van der Waals surface area contributed by atoms with Crippen molar-refractivity contribution in [3.05, 3.63) is 23.8 Å². The summed E-state index contributed by atoms with van der Waals surface area (Å²) in [4.78, 5) is 0. The minimum Gasteiger partial charge on any atom is -0.508 e. The number of hydrogen-bond acceptors (Lipinski definition) is 4. The second-order valence-corrected chi connectivity index (χ2v) is 2.51. The van der Waals surface area contributed by atoms with Crippen molar-refractivity contribution in [2.75, 3.05) is 0 Å². The molecule has 0 saturated carbocycles. The van der Waals surface area contributed by atoms with Crippen molar-refractivity contribution in [1.82, 2.24) is 0 Å². The first-order chi connectivity index (χ1) is 5.77. The Kier molecular flexibility index (Phi) is 1.51. The molecule has 0 bridgehead atoms. The van der Waals surface area contributed by atoms with E-state index < -0.39 is 7.12 Å². The van der Waals surface area contributed by atoms with Gasteiger partial charge in [0, 0.05) is 5.46 Å². The fourth-order valence-electron chi connectivity index (χ4n) is 1.10. The molecule has 60 valence electrons. The van der Waals surface area contributed by atoms with Crippen LogP contribution in [0.2, 0.25) is 0 Å². The number of phenols is 1. The summed E-state index contributed by atoms with van der Waals surface area (Å²) < 4.78 is 4.57. The van der Waals surface area contributed by atoms with Crippen molar-refractivity contribution >= 4 is 18.8 Å². The Balaban J connectivity index is 2.56. The average molecular weight is 163 g/mol. The third-order valence-corrected chi connectivity index (χ3v) is 1.69. The first kappa shape index (κ1) is 7.18. The molecule has 2 N–H and O–H groups in total. The third-order valence-electron chi connectivity index (χ3n) is 1.69. The summed E-state index contributed by atoms with van der Waals surface area (Å²) in [5.41, 5.74) is 1.29. The molecule has 1 heterocycles. The van der Waals surface area contributed by atoms with Crippen LogP contribution in [-0.2, 0) is 4.76 Å². The molecule has 12 heavy (non-hydrogen) atoms. The molecule has 2 rings (SSSR count). The van der Waals surface area contributed by atoms with Gasteiger partial charge in [-0.25, -0.2) is 0 Å². The Hall–Kier alpha value is -1.49. The third kappa shape index (κ3) is 1.04. The fraction of sp³-hybridized carbons (Fsp3) is 0. The van der Waals surface area contributed by atoms with Gasteiger partial charge in [-0.05, 0) is 23.8 Å². The smallest absolute Gasteiger partial charge is 0.508 e. The van der Waals surface area contributed by atoms with Gasteiger partial charge in [0.15, 0.2) is 0 Å². The number of fused-ring (bicyclic) bond motifs is 1. The molecule has 0 amide bonds. The van der Waals surface area contributed by atoms with E-state index in [1.807, 2.05) is 0 Å². The van der Waals surface area contributed by atoms with Gasteiger partial charge in [-0.15, -0.1) is 5.16 Å². The fourth-order valence-corrected chi connectivity index (χ4v) is 1.10. The lowest BCUT2D eigenvalue weighted by Gasteiger charge is -2.11. The van der Waals surface area contributed by atoms with Gasteiger partial charge in [0.25, 0.3) is 0 Å². The lowest BCUT2D eigenvalue weighted by atomic mass is 9.76. The molecule has 0 aromatic heterocycles. The van der Waals surface area contributed by atoms with Crippen molar-refractivity contribution in [1.29, 1.82) is 0 Å². The summed E-state index contributed by atoms with van der Waals surface area (Å²) in [5.74, 6) is 0.103. The Morgan fingerprint density at radius 3 is 3.08 bits per heavy atom. The number of nitrogens with zero attached hydrogens (tertiary/aromatic N) is 1. The van der Waals surface area contributed by atoms with Gasteiger partial charge >= 0.3 is 7.12 Å². The quantitative estimate of drug-likeness (QED) is 0.504. The summed E-state index contributed by atoms with van der Waals surface area (Å²) in [7, 11) is -1.07. The second kappa shape index (κ2) is 2.53. The van der Waals surface area contributed by atoms with Crippen LogP contribution in [0.1, 0.15) is 5.56 Å². The molecule has 0 aliphatic carbocycles. The van der Waals surface area contributed by atoms with Crippen LogP contribution in [0.5, 0.6) is 5.75 Å². The second-order valence-electron chi connectivity index (χ2n) is 2.51. The Labute approximate surface area is 69.2 Å². The van der Waals surface area contributed by atoms with E-state index in [0.29, 0.717) is 5.46 Å². The van der Waals surface area contributed by atoms with Crippen molar-refractivity contribution in [3.63, 3.8) is 0 Å². The highest BCUT2D eigenvalue weighted by atomic mass is 16.6. The minimum atomic E-state index is -1.07. The van der Waals surface area contributed by atoms with Crippen LogP contribution < -0.4 is 5.46 Å². The van der Waals surface area contributed by atoms with Crippen molar-refractivity contribution in [2.24, 2.45) is 5.16 Å². The zero-order chi connectivity index (χ0) is 8.55. The molecule has 1 aromatic rings. The molecule has 0 atom stereocenters. The monoisotopic (exact) mass is 163 g/mol. The first-order valence-corrected chi connectivity index (χ1v) is 3.47. The number of phenolic OH excluding ortho intramolecular Hbond substituents is 1. The van der Waals surface area contributed by atoms with E-state index in [1.54, 1.807) is 6.07 Å². The molecule has 0 saturated heterocycles. The zero-order valence-electron chi connectivity index (χ0n) is 6.14.